The van der Waals surface area contributed by atoms with E-state index in [4.69, 9.17) is 43.9 Å². The van der Waals surface area contributed by atoms with Crippen LogP contribution in [0.15, 0.2) is 84.9 Å². The van der Waals surface area contributed by atoms with Gasteiger partial charge in [0.25, 0.3) is 0 Å². The van der Waals surface area contributed by atoms with Gasteiger partial charge in [0, 0.05) is 48.4 Å². The lowest BCUT2D eigenvalue weighted by Gasteiger charge is -2.17. The van der Waals surface area contributed by atoms with Crippen molar-refractivity contribution >= 4 is 5.78 Å². The molecule has 0 atom stereocenters. The zero-order chi connectivity index (χ0) is 36.9. The predicted octanol–water partition coefficient (Wildman–Crippen LogP) is 6.93. The number of nitrogens with two attached hydrogens (primary N) is 1. The molecule has 1 aromatic heterocycles. The standard InChI is InChI=1S/C41H47N3O8/c1-46-33-11-6-9-30(23-33)38-39(31-10-7-12-34(24-31)47-2)44(41(43-38)32-25-36(48-3)40(50-5)37(26-32)49-4)27-28-14-16-29(17-15-28)35(45)13-8-19-51-21-22-52-20-18-42/h6-7,9-12,14-17,23-26H,8,13,18-22,27,42H2,1-5H3. The number of benzene rings is 4. The Morgan fingerprint density at radius 3 is 1.88 bits per heavy atom. The molecule has 1 heterocycles. The van der Waals surface area contributed by atoms with Crippen LogP contribution in [0.3, 0.4) is 0 Å². The maximum absolute atomic E-state index is 13.0. The quantitative estimate of drug-likeness (QED) is 0.0672. The number of methoxy groups -OCH3 is 5. The Morgan fingerprint density at radius 1 is 0.673 bits per heavy atom. The predicted molar refractivity (Wildman–Crippen MR) is 201 cm³/mol. The second kappa shape index (κ2) is 18.8. The van der Waals surface area contributed by atoms with Gasteiger partial charge in [0.05, 0.1) is 66.8 Å². The Balaban J connectivity index is 1.56. The number of carbonyl (C=O) groups is 1. The van der Waals surface area contributed by atoms with Gasteiger partial charge >= 0.3 is 0 Å². The van der Waals surface area contributed by atoms with Gasteiger partial charge in [-0.25, -0.2) is 4.98 Å². The Morgan fingerprint density at radius 2 is 1.29 bits per heavy atom. The summed E-state index contributed by atoms with van der Waals surface area (Å²) in [5.41, 5.74) is 11.2. The van der Waals surface area contributed by atoms with Crippen molar-refractivity contribution in [3.63, 3.8) is 0 Å². The van der Waals surface area contributed by atoms with E-state index in [9.17, 15) is 4.79 Å². The van der Waals surface area contributed by atoms with Crippen LogP contribution in [-0.4, -0.2) is 83.9 Å². The maximum atomic E-state index is 13.0. The highest BCUT2D eigenvalue weighted by molar-refractivity contribution is 5.96. The second-order valence-electron chi connectivity index (χ2n) is 11.8. The largest absolute Gasteiger partial charge is 0.497 e. The molecule has 0 unspecified atom stereocenters. The van der Waals surface area contributed by atoms with E-state index in [1.165, 1.54) is 0 Å². The Kier molecular flexibility index (Phi) is 13.7. The van der Waals surface area contributed by atoms with Gasteiger partial charge in [-0.3, -0.25) is 4.79 Å². The molecule has 52 heavy (non-hydrogen) atoms. The molecule has 0 radical (unpaired) electrons. The van der Waals surface area contributed by atoms with Crippen molar-refractivity contribution in [2.45, 2.75) is 19.4 Å². The van der Waals surface area contributed by atoms with Crippen molar-refractivity contribution in [1.29, 1.82) is 0 Å². The highest BCUT2D eigenvalue weighted by Crippen LogP contribution is 2.44. The molecule has 0 aliphatic carbocycles. The molecule has 11 nitrogen and oxygen atoms in total. The topological polar surface area (TPSA) is 126 Å². The van der Waals surface area contributed by atoms with Crippen LogP contribution in [0.5, 0.6) is 28.7 Å². The molecule has 0 spiro atoms. The number of rotatable bonds is 20. The lowest BCUT2D eigenvalue weighted by Crippen LogP contribution is -2.12. The van der Waals surface area contributed by atoms with E-state index in [2.05, 4.69) is 4.57 Å². The van der Waals surface area contributed by atoms with Crippen LogP contribution in [0, 0.1) is 0 Å². The summed E-state index contributed by atoms with van der Waals surface area (Å²) < 4.78 is 41.4. The van der Waals surface area contributed by atoms with Crippen LogP contribution in [-0.2, 0) is 16.0 Å². The van der Waals surface area contributed by atoms with Crippen molar-refractivity contribution in [1.82, 2.24) is 9.55 Å². The first-order valence-electron chi connectivity index (χ1n) is 17.1. The van der Waals surface area contributed by atoms with Crippen LogP contribution >= 0.6 is 0 Å². The van der Waals surface area contributed by atoms with Crippen molar-refractivity contribution in [3.8, 4) is 62.7 Å². The van der Waals surface area contributed by atoms with Crippen LogP contribution in [0.2, 0.25) is 0 Å². The summed E-state index contributed by atoms with van der Waals surface area (Å²) in [6.45, 7) is 2.89. The molecule has 0 amide bonds. The molecular formula is C41H47N3O8. The normalized spacial score (nSPS) is 11.0. The van der Waals surface area contributed by atoms with E-state index in [0.717, 1.165) is 33.6 Å². The molecule has 0 saturated heterocycles. The van der Waals surface area contributed by atoms with Gasteiger partial charge in [0.2, 0.25) is 5.75 Å². The summed E-state index contributed by atoms with van der Waals surface area (Å²) >= 11 is 0. The molecule has 0 saturated carbocycles. The van der Waals surface area contributed by atoms with Gasteiger partial charge in [-0.05, 0) is 48.4 Å². The highest BCUT2D eigenvalue weighted by Gasteiger charge is 2.25. The smallest absolute Gasteiger partial charge is 0.203 e. The molecule has 0 bridgehead atoms. The lowest BCUT2D eigenvalue weighted by atomic mass is 10.0. The van der Waals surface area contributed by atoms with Gasteiger partial charge in [0.15, 0.2) is 17.3 Å². The van der Waals surface area contributed by atoms with Gasteiger partial charge in [-0.15, -0.1) is 0 Å². The minimum atomic E-state index is 0.0626. The average molecular weight is 710 g/mol. The van der Waals surface area contributed by atoms with Crippen molar-refractivity contribution in [3.05, 3.63) is 96.1 Å². The number of ketones is 1. The monoisotopic (exact) mass is 709 g/mol. The summed E-state index contributed by atoms with van der Waals surface area (Å²) in [6.07, 6.45) is 1.02. The first kappa shape index (κ1) is 37.9. The first-order valence-corrected chi connectivity index (χ1v) is 17.1. The van der Waals surface area contributed by atoms with E-state index < -0.39 is 0 Å². The van der Waals surface area contributed by atoms with Crippen molar-refractivity contribution in [2.75, 3.05) is 68.5 Å². The fourth-order valence-corrected chi connectivity index (χ4v) is 5.94. The highest BCUT2D eigenvalue weighted by atomic mass is 16.5. The van der Waals surface area contributed by atoms with Crippen LogP contribution < -0.4 is 29.4 Å². The first-order chi connectivity index (χ1) is 25.4. The van der Waals surface area contributed by atoms with Gasteiger partial charge in [0.1, 0.15) is 17.3 Å². The minimum absolute atomic E-state index is 0.0626. The summed E-state index contributed by atoms with van der Waals surface area (Å²) in [7, 11) is 8.05. The molecule has 0 aliphatic rings. The number of ether oxygens (including phenoxy) is 7. The van der Waals surface area contributed by atoms with E-state index in [1.54, 1.807) is 35.5 Å². The molecule has 11 heteroatoms. The van der Waals surface area contributed by atoms with Gasteiger partial charge in [-0.1, -0.05) is 48.5 Å². The Bertz CT molecular complexity index is 1900. The van der Waals surface area contributed by atoms with E-state index in [1.807, 2.05) is 84.9 Å². The summed E-state index contributed by atoms with van der Waals surface area (Å²) in [5.74, 6) is 3.65. The molecule has 274 valence electrons. The SMILES string of the molecule is COc1cccc(-c2nc(-c3cc(OC)c(OC)c(OC)c3)n(Cc3ccc(C(=O)CCCOCCOCCN)cc3)c2-c2cccc(OC)c2)c1. The number of Topliss-reactive ketones (excluding diaryl/α,β-unsaturated/α-hetero) is 1. The maximum Gasteiger partial charge on any atom is 0.203 e. The molecule has 2 N–H and O–H groups in total. The Hall–Kier alpha value is -5.36. The minimum Gasteiger partial charge on any atom is -0.497 e. The summed E-state index contributed by atoms with van der Waals surface area (Å²) in [6, 6.07) is 27.2. The van der Waals surface area contributed by atoms with Gasteiger partial charge < -0.3 is 43.5 Å². The van der Waals surface area contributed by atoms with Crippen molar-refractivity contribution < 1.29 is 38.0 Å². The summed E-state index contributed by atoms with van der Waals surface area (Å²) in [4.78, 5) is 18.4. The average Bonchev–Trinajstić information content (AvgIpc) is 3.57. The molecule has 0 aliphatic heterocycles. The molecule has 5 rings (SSSR count). The summed E-state index contributed by atoms with van der Waals surface area (Å²) in [5, 5.41) is 0. The number of hydrogen-bond donors (Lipinski definition) is 1. The number of hydrogen-bond acceptors (Lipinski definition) is 10. The third-order valence-electron chi connectivity index (χ3n) is 8.52. The third-order valence-corrected chi connectivity index (χ3v) is 8.52. The molecular weight excluding hydrogens is 662 g/mol. The second-order valence-corrected chi connectivity index (χ2v) is 11.8. The third kappa shape index (κ3) is 9.10. The fourth-order valence-electron chi connectivity index (χ4n) is 5.94. The molecule has 4 aromatic carbocycles. The fraction of sp³-hybridized carbons (Fsp3) is 0.317. The molecule has 0 fully saturated rings. The zero-order valence-electron chi connectivity index (χ0n) is 30.5. The molecule has 5 aromatic rings. The zero-order valence-corrected chi connectivity index (χ0v) is 30.5. The Labute approximate surface area is 305 Å². The van der Waals surface area contributed by atoms with E-state index in [0.29, 0.717) is 92.5 Å². The number of aromatic nitrogens is 2. The van der Waals surface area contributed by atoms with Crippen LogP contribution in [0.25, 0.3) is 33.9 Å². The van der Waals surface area contributed by atoms with Crippen LogP contribution in [0.4, 0.5) is 0 Å². The number of carbonyl (C=O) groups excluding carboxylic acids is 1. The van der Waals surface area contributed by atoms with E-state index in [-0.39, 0.29) is 5.78 Å². The lowest BCUT2D eigenvalue weighted by molar-refractivity contribution is 0.0489. The van der Waals surface area contributed by atoms with Crippen molar-refractivity contribution in [2.24, 2.45) is 5.73 Å². The van der Waals surface area contributed by atoms with Gasteiger partial charge in [-0.2, -0.15) is 0 Å². The van der Waals surface area contributed by atoms with E-state index >= 15 is 0 Å². The van der Waals surface area contributed by atoms with Crippen LogP contribution in [0.1, 0.15) is 28.8 Å². The number of nitrogens with zero attached hydrogens (tertiary/aromatic N) is 2. The number of imidazole rings is 1.